The molecule has 0 aliphatic carbocycles. The van der Waals surface area contributed by atoms with Crippen molar-refractivity contribution in [1.82, 2.24) is 20.5 Å². The number of hydrogen-bond donors (Lipinski definition) is 3. The number of rotatable bonds is 11. The molecule has 8 heteroatoms. The molecular weight excluding hydrogens is 370 g/mol. The van der Waals surface area contributed by atoms with Gasteiger partial charge in [0, 0.05) is 57.5 Å². The van der Waals surface area contributed by atoms with Crippen molar-refractivity contribution < 1.29 is 14.3 Å². The quantitative estimate of drug-likeness (QED) is 0.302. The lowest BCUT2D eigenvalue weighted by Gasteiger charge is -2.14. The molecular formula is C21H33N5O3. The summed E-state index contributed by atoms with van der Waals surface area (Å²) >= 11 is 0. The number of aromatic amines is 1. The van der Waals surface area contributed by atoms with Crippen molar-refractivity contribution in [2.45, 2.75) is 19.8 Å². The molecule has 160 valence electrons. The summed E-state index contributed by atoms with van der Waals surface area (Å²) in [7, 11) is 5.14. The highest BCUT2D eigenvalue weighted by atomic mass is 16.5. The van der Waals surface area contributed by atoms with Gasteiger partial charge in [0.2, 0.25) is 5.91 Å². The van der Waals surface area contributed by atoms with E-state index in [0.717, 1.165) is 36.0 Å². The molecule has 0 aliphatic rings. The van der Waals surface area contributed by atoms with Crippen LogP contribution >= 0.6 is 0 Å². The molecule has 1 heterocycles. The van der Waals surface area contributed by atoms with Crippen LogP contribution in [0.3, 0.4) is 0 Å². The van der Waals surface area contributed by atoms with E-state index in [1.807, 2.05) is 31.3 Å². The fourth-order valence-corrected chi connectivity index (χ4v) is 2.89. The second kappa shape index (κ2) is 12.0. The van der Waals surface area contributed by atoms with E-state index in [4.69, 9.17) is 9.47 Å². The van der Waals surface area contributed by atoms with Crippen molar-refractivity contribution in [2.75, 3.05) is 54.1 Å². The number of fused-ring (bicyclic) bond motifs is 1. The van der Waals surface area contributed by atoms with Crippen molar-refractivity contribution in [2.24, 2.45) is 4.99 Å². The molecule has 0 unspecified atom stereocenters. The summed E-state index contributed by atoms with van der Waals surface area (Å²) in [5.41, 5.74) is 2.23. The van der Waals surface area contributed by atoms with Gasteiger partial charge in [0.05, 0.1) is 7.11 Å². The first-order valence-corrected chi connectivity index (χ1v) is 9.99. The van der Waals surface area contributed by atoms with Crippen LogP contribution in [0.5, 0.6) is 5.75 Å². The lowest BCUT2D eigenvalue weighted by atomic mass is 10.1. The normalized spacial score (nSPS) is 11.5. The molecule has 0 aliphatic heterocycles. The Morgan fingerprint density at radius 1 is 1.24 bits per heavy atom. The number of likely N-dealkylation sites (N-methyl/N-ethyl adjacent to an activating group) is 1. The minimum Gasteiger partial charge on any atom is -0.496 e. The molecule has 2 rings (SSSR count). The van der Waals surface area contributed by atoms with Crippen LogP contribution in [0, 0.1) is 0 Å². The lowest BCUT2D eigenvalue weighted by molar-refractivity contribution is -0.127. The maximum atomic E-state index is 11.9. The van der Waals surface area contributed by atoms with Gasteiger partial charge in [-0.15, -0.1) is 0 Å². The summed E-state index contributed by atoms with van der Waals surface area (Å²) in [6, 6.07) is 5.97. The molecule has 1 aromatic carbocycles. The maximum Gasteiger partial charge on any atom is 0.243 e. The summed E-state index contributed by atoms with van der Waals surface area (Å²) in [5.74, 6) is 1.45. The van der Waals surface area contributed by atoms with Crippen molar-refractivity contribution in [3.05, 3.63) is 30.0 Å². The first-order chi connectivity index (χ1) is 14.1. The highest BCUT2D eigenvalue weighted by Crippen LogP contribution is 2.28. The molecule has 0 spiro atoms. The number of aliphatic imine (C=N–C) groups is 1. The third-order valence-electron chi connectivity index (χ3n) is 4.49. The van der Waals surface area contributed by atoms with Gasteiger partial charge in [-0.25, -0.2) is 4.99 Å². The van der Waals surface area contributed by atoms with Crippen LogP contribution in [-0.4, -0.2) is 75.8 Å². The van der Waals surface area contributed by atoms with E-state index in [0.29, 0.717) is 25.7 Å². The van der Waals surface area contributed by atoms with Crippen LogP contribution < -0.4 is 15.4 Å². The number of aromatic nitrogens is 1. The third-order valence-corrected chi connectivity index (χ3v) is 4.49. The molecule has 2 aromatic rings. The topological polar surface area (TPSA) is 91.0 Å². The van der Waals surface area contributed by atoms with Crippen molar-refractivity contribution in [3.63, 3.8) is 0 Å². The summed E-state index contributed by atoms with van der Waals surface area (Å²) in [4.78, 5) is 21.1. The molecule has 1 amide bonds. The van der Waals surface area contributed by atoms with Gasteiger partial charge in [0.25, 0.3) is 0 Å². The van der Waals surface area contributed by atoms with Gasteiger partial charge in [-0.3, -0.25) is 4.79 Å². The number of methoxy groups -OCH3 is 1. The number of nitrogens with zero attached hydrogens (tertiary/aromatic N) is 2. The largest absolute Gasteiger partial charge is 0.496 e. The van der Waals surface area contributed by atoms with Gasteiger partial charge in [-0.1, -0.05) is 6.07 Å². The number of carbonyl (C=O) groups is 1. The first kappa shape index (κ1) is 22.5. The van der Waals surface area contributed by atoms with Gasteiger partial charge < -0.3 is 30.0 Å². The number of guanidine groups is 1. The lowest BCUT2D eigenvalue weighted by Crippen LogP contribution is -2.40. The van der Waals surface area contributed by atoms with E-state index < -0.39 is 0 Å². The zero-order valence-corrected chi connectivity index (χ0v) is 17.9. The summed E-state index contributed by atoms with van der Waals surface area (Å²) in [5, 5.41) is 7.69. The molecule has 0 atom stereocenters. The van der Waals surface area contributed by atoms with E-state index in [9.17, 15) is 4.79 Å². The van der Waals surface area contributed by atoms with Crippen LogP contribution in [0.25, 0.3) is 10.9 Å². The Morgan fingerprint density at radius 3 is 2.76 bits per heavy atom. The van der Waals surface area contributed by atoms with Crippen molar-refractivity contribution >= 4 is 22.8 Å². The third kappa shape index (κ3) is 6.98. The van der Waals surface area contributed by atoms with Gasteiger partial charge in [-0.05, 0) is 37.5 Å². The van der Waals surface area contributed by atoms with E-state index in [2.05, 4.69) is 20.6 Å². The molecule has 29 heavy (non-hydrogen) atoms. The molecule has 0 bridgehead atoms. The van der Waals surface area contributed by atoms with Gasteiger partial charge in [0.15, 0.2) is 5.96 Å². The highest BCUT2D eigenvalue weighted by molar-refractivity contribution is 5.89. The average molecular weight is 404 g/mol. The smallest absolute Gasteiger partial charge is 0.243 e. The predicted octanol–water partition coefficient (Wildman–Crippen LogP) is 1.77. The standard InChI is InChI=1S/C21H33N5O3/c1-5-29-13-7-11-22-21(25-15-19(27)26(2)3)23-12-10-16-14-24-17-8-6-9-18(28-4)20(16)17/h6,8-9,14,24H,5,7,10-13,15H2,1-4H3,(H2,22,23,25). The van der Waals surface area contributed by atoms with Crippen LogP contribution in [-0.2, 0) is 16.0 Å². The van der Waals surface area contributed by atoms with E-state index >= 15 is 0 Å². The second-order valence-electron chi connectivity index (χ2n) is 6.80. The van der Waals surface area contributed by atoms with Gasteiger partial charge in [0.1, 0.15) is 12.3 Å². The zero-order chi connectivity index (χ0) is 21.1. The summed E-state index contributed by atoms with van der Waals surface area (Å²) < 4.78 is 10.9. The number of ether oxygens (including phenoxy) is 2. The Kier molecular flexibility index (Phi) is 9.30. The van der Waals surface area contributed by atoms with E-state index in [1.165, 1.54) is 10.5 Å². The molecule has 0 fully saturated rings. The molecule has 1 aromatic heterocycles. The van der Waals surface area contributed by atoms with E-state index in [-0.39, 0.29) is 12.5 Å². The zero-order valence-electron chi connectivity index (χ0n) is 17.9. The summed E-state index contributed by atoms with van der Waals surface area (Å²) in [6.07, 6.45) is 3.67. The predicted molar refractivity (Wildman–Crippen MR) is 117 cm³/mol. The van der Waals surface area contributed by atoms with Crippen LogP contribution in [0.1, 0.15) is 18.9 Å². The minimum atomic E-state index is -0.0400. The SMILES string of the molecule is CCOCCCNC(=NCC(=O)N(C)C)NCCc1c[nH]c2cccc(OC)c12. The number of amides is 1. The Hall–Kier alpha value is -2.74. The number of carbonyl (C=O) groups excluding carboxylic acids is 1. The number of hydrogen-bond acceptors (Lipinski definition) is 4. The Balaban J connectivity index is 1.95. The monoisotopic (exact) mass is 403 g/mol. The maximum absolute atomic E-state index is 11.9. The molecule has 0 radical (unpaired) electrons. The fraction of sp³-hybridized carbons (Fsp3) is 0.524. The average Bonchev–Trinajstić information content (AvgIpc) is 3.14. The van der Waals surface area contributed by atoms with Crippen LogP contribution in [0.2, 0.25) is 0 Å². The number of nitrogens with one attached hydrogen (secondary N) is 3. The Bertz CT molecular complexity index is 801. The number of benzene rings is 1. The summed E-state index contributed by atoms with van der Waals surface area (Å²) in [6.45, 7) is 4.90. The van der Waals surface area contributed by atoms with Gasteiger partial charge in [-0.2, -0.15) is 0 Å². The highest BCUT2D eigenvalue weighted by Gasteiger charge is 2.09. The van der Waals surface area contributed by atoms with Crippen molar-refractivity contribution in [3.8, 4) is 5.75 Å². The van der Waals surface area contributed by atoms with E-state index in [1.54, 1.807) is 21.2 Å². The number of H-pyrrole nitrogens is 1. The van der Waals surface area contributed by atoms with Crippen LogP contribution in [0.4, 0.5) is 0 Å². The first-order valence-electron chi connectivity index (χ1n) is 9.99. The second-order valence-corrected chi connectivity index (χ2v) is 6.80. The molecule has 3 N–H and O–H groups in total. The fourth-order valence-electron chi connectivity index (χ4n) is 2.89. The molecule has 8 nitrogen and oxygen atoms in total. The Morgan fingerprint density at radius 2 is 2.03 bits per heavy atom. The molecule has 0 saturated carbocycles. The minimum absolute atomic E-state index is 0.0400. The Labute approximate surface area is 172 Å². The van der Waals surface area contributed by atoms with Crippen LogP contribution in [0.15, 0.2) is 29.4 Å². The van der Waals surface area contributed by atoms with Crippen molar-refractivity contribution in [1.29, 1.82) is 0 Å². The van der Waals surface area contributed by atoms with Gasteiger partial charge >= 0.3 is 0 Å². The molecule has 0 saturated heterocycles.